The topological polar surface area (TPSA) is 140 Å². The average Bonchev–Trinajstić information content (AvgIpc) is 2.02. The van der Waals surface area contributed by atoms with Crippen molar-refractivity contribution in [2.45, 2.75) is 13.8 Å². The first kappa shape index (κ1) is 18.9. The molecular formula is C6H11ClN2O6. The fourth-order valence-electron chi connectivity index (χ4n) is 0.0735. The van der Waals surface area contributed by atoms with Crippen LogP contribution in [0.4, 0.5) is 0 Å². The van der Waals surface area contributed by atoms with E-state index in [4.69, 9.17) is 41.8 Å². The maximum atomic E-state index is 9.00. The highest BCUT2D eigenvalue weighted by atomic mass is 35.5. The fourth-order valence-corrected chi connectivity index (χ4v) is 0.117. The second kappa shape index (κ2) is 14.7. The minimum Gasteiger partial charge on any atom is -0.481 e. The predicted octanol–water partition coefficient (Wildman–Crippen LogP) is 0.655. The number of carboxylic acid groups (broad SMARTS) is 2. The van der Waals surface area contributed by atoms with Gasteiger partial charge in [0.25, 0.3) is 11.9 Å². The van der Waals surface area contributed by atoms with Gasteiger partial charge in [-0.1, -0.05) is 21.9 Å². The Morgan fingerprint density at radius 2 is 1.40 bits per heavy atom. The zero-order chi connectivity index (χ0) is 12.9. The molecule has 88 valence electrons. The van der Waals surface area contributed by atoms with Crippen LogP contribution in [-0.4, -0.2) is 44.0 Å². The number of halogens is 1. The molecule has 0 aliphatic heterocycles. The lowest BCUT2D eigenvalue weighted by atomic mass is 10.8. The number of hydrogen-bond acceptors (Lipinski definition) is 6. The Hall–Kier alpha value is -1.83. The van der Waals surface area contributed by atoms with E-state index in [-0.39, 0.29) is 5.17 Å². The summed E-state index contributed by atoms with van der Waals surface area (Å²) in [6, 6.07) is 0. The third-order valence-electron chi connectivity index (χ3n) is 0.260. The van der Waals surface area contributed by atoms with Crippen molar-refractivity contribution in [3.05, 3.63) is 0 Å². The van der Waals surface area contributed by atoms with Crippen LogP contribution in [0.2, 0.25) is 0 Å². The van der Waals surface area contributed by atoms with Gasteiger partial charge in [0.15, 0.2) is 5.17 Å². The monoisotopic (exact) mass is 242 g/mol. The van der Waals surface area contributed by atoms with Crippen molar-refractivity contribution in [3.8, 4) is 0 Å². The molecule has 0 heterocycles. The lowest BCUT2D eigenvalue weighted by Gasteiger charge is -1.74. The Bertz CT molecular complexity index is 220. The van der Waals surface area contributed by atoms with E-state index in [1.165, 1.54) is 0 Å². The van der Waals surface area contributed by atoms with Gasteiger partial charge < -0.3 is 20.6 Å². The van der Waals surface area contributed by atoms with E-state index in [1.54, 1.807) is 0 Å². The first-order valence-electron chi connectivity index (χ1n) is 3.21. The molecule has 0 bridgehead atoms. The molecule has 0 saturated carbocycles. The van der Waals surface area contributed by atoms with Crippen LogP contribution < -0.4 is 0 Å². The van der Waals surface area contributed by atoms with Gasteiger partial charge in [-0.3, -0.25) is 9.59 Å². The Balaban J connectivity index is -0.000000155. The molecule has 0 fully saturated rings. The number of nitrogens with zero attached hydrogens (tertiary/aromatic N) is 2. The largest absolute Gasteiger partial charge is 0.481 e. The molecule has 15 heavy (non-hydrogen) atoms. The predicted molar refractivity (Wildman–Crippen MR) is 52.0 cm³/mol. The summed E-state index contributed by atoms with van der Waals surface area (Å²) in [6.45, 7) is 2.17. The average molecular weight is 243 g/mol. The molecule has 0 aliphatic carbocycles. The molecule has 0 amide bonds. The number of aliphatic carboxylic acids is 2. The number of carboxylic acids is 2. The van der Waals surface area contributed by atoms with E-state index in [9.17, 15) is 0 Å². The third kappa shape index (κ3) is 125. The Morgan fingerprint density at radius 1 is 1.13 bits per heavy atom. The quantitative estimate of drug-likeness (QED) is 0.302. The van der Waals surface area contributed by atoms with E-state index < -0.39 is 11.9 Å². The summed E-state index contributed by atoms with van der Waals surface area (Å²) in [6.07, 6.45) is 0.793. The summed E-state index contributed by atoms with van der Waals surface area (Å²) in [5.74, 6) is -1.67. The molecule has 0 atom stereocenters. The number of hydrogen-bond donors (Lipinski definition) is 4. The second-order valence-corrected chi connectivity index (χ2v) is 2.09. The second-order valence-electron chi connectivity index (χ2n) is 1.71. The van der Waals surface area contributed by atoms with Crippen LogP contribution in [-0.2, 0) is 9.59 Å². The van der Waals surface area contributed by atoms with E-state index in [1.807, 2.05) is 0 Å². The third-order valence-corrected chi connectivity index (χ3v) is 0.433. The first-order valence-corrected chi connectivity index (χ1v) is 3.59. The highest BCUT2D eigenvalue weighted by Gasteiger charge is 1.81. The lowest BCUT2D eigenvalue weighted by molar-refractivity contribution is -0.135. The van der Waals surface area contributed by atoms with Gasteiger partial charge in [-0.2, -0.15) is 0 Å². The molecular weight excluding hydrogens is 232 g/mol. The summed E-state index contributed by atoms with van der Waals surface area (Å²) in [7, 11) is 0. The van der Waals surface area contributed by atoms with Crippen molar-refractivity contribution in [2.24, 2.45) is 10.3 Å². The highest BCUT2D eigenvalue weighted by molar-refractivity contribution is 6.79. The molecule has 0 aromatic rings. The van der Waals surface area contributed by atoms with Crippen LogP contribution in [0.1, 0.15) is 13.8 Å². The summed E-state index contributed by atoms with van der Waals surface area (Å²) in [5, 5.41) is 34.9. The maximum absolute atomic E-state index is 9.00. The van der Waals surface area contributed by atoms with Crippen molar-refractivity contribution in [3.63, 3.8) is 0 Å². The van der Waals surface area contributed by atoms with Gasteiger partial charge in [0.2, 0.25) is 0 Å². The zero-order valence-electron chi connectivity index (χ0n) is 7.96. The van der Waals surface area contributed by atoms with Gasteiger partial charge in [-0.05, 0) is 0 Å². The van der Waals surface area contributed by atoms with Crippen LogP contribution in [0.5, 0.6) is 0 Å². The van der Waals surface area contributed by atoms with Crippen LogP contribution in [0.15, 0.2) is 10.3 Å². The number of oxime groups is 2. The minimum absolute atomic E-state index is 0.262. The lowest BCUT2D eigenvalue weighted by Crippen LogP contribution is -1.85. The smallest absolute Gasteiger partial charge is 0.300 e. The zero-order valence-corrected chi connectivity index (χ0v) is 8.71. The molecule has 0 aliphatic rings. The Morgan fingerprint density at radius 3 is 1.47 bits per heavy atom. The van der Waals surface area contributed by atoms with E-state index in [0.29, 0.717) is 0 Å². The highest BCUT2D eigenvalue weighted by Crippen LogP contribution is 1.76. The molecule has 0 saturated heterocycles. The summed E-state index contributed by atoms with van der Waals surface area (Å²) in [5.41, 5.74) is 0. The van der Waals surface area contributed by atoms with Crippen LogP contribution >= 0.6 is 11.6 Å². The van der Waals surface area contributed by atoms with E-state index in [2.05, 4.69) is 10.3 Å². The summed E-state index contributed by atoms with van der Waals surface area (Å²) < 4.78 is 0. The van der Waals surface area contributed by atoms with Gasteiger partial charge in [0.05, 0.1) is 0 Å². The van der Waals surface area contributed by atoms with Crippen LogP contribution in [0.25, 0.3) is 0 Å². The Kier molecular flexibility index (Phi) is 18.5. The summed E-state index contributed by atoms with van der Waals surface area (Å²) in [4.78, 5) is 18.0. The maximum Gasteiger partial charge on any atom is 0.300 e. The number of rotatable bonds is 1. The van der Waals surface area contributed by atoms with Gasteiger partial charge >= 0.3 is 0 Å². The molecule has 0 unspecified atom stereocenters. The molecule has 8 nitrogen and oxygen atoms in total. The number of carbonyl (C=O) groups is 2. The molecule has 0 spiro atoms. The SMILES string of the molecule is CC(=O)O.CC(=O)O.ON=CC(Cl)=NO. The molecule has 4 N–H and O–H groups in total. The van der Waals surface area contributed by atoms with E-state index >= 15 is 0 Å². The van der Waals surface area contributed by atoms with E-state index in [0.717, 1.165) is 20.1 Å². The molecule has 0 aromatic heterocycles. The van der Waals surface area contributed by atoms with Crippen LogP contribution in [0.3, 0.4) is 0 Å². The molecule has 0 aromatic carbocycles. The molecule has 9 heteroatoms. The fraction of sp³-hybridized carbons (Fsp3) is 0.333. The van der Waals surface area contributed by atoms with Crippen molar-refractivity contribution in [2.75, 3.05) is 0 Å². The standard InChI is InChI=1S/C2H3ClN2O2.2C2H4O2/c3-2(5-7)1-4-6;2*1-2(3)4/h1,6-7H;2*1H3,(H,3,4). The van der Waals surface area contributed by atoms with Gasteiger partial charge in [-0.15, -0.1) is 0 Å². The van der Waals surface area contributed by atoms with Crippen molar-refractivity contribution < 1.29 is 30.2 Å². The molecule has 0 radical (unpaired) electrons. The normalized spacial score (nSPS) is 9.40. The van der Waals surface area contributed by atoms with Crippen molar-refractivity contribution >= 4 is 34.9 Å². The van der Waals surface area contributed by atoms with Gasteiger partial charge in [0.1, 0.15) is 6.21 Å². The van der Waals surface area contributed by atoms with Crippen LogP contribution in [0, 0.1) is 0 Å². The van der Waals surface area contributed by atoms with Gasteiger partial charge in [0, 0.05) is 13.8 Å². The van der Waals surface area contributed by atoms with Gasteiger partial charge in [-0.25, -0.2) is 0 Å². The van der Waals surface area contributed by atoms with Crippen molar-refractivity contribution in [1.82, 2.24) is 0 Å². The van der Waals surface area contributed by atoms with Crippen molar-refractivity contribution in [1.29, 1.82) is 0 Å². The summed E-state index contributed by atoms with van der Waals surface area (Å²) >= 11 is 4.96. The minimum atomic E-state index is -0.833. The first-order chi connectivity index (χ1) is 6.77. The molecule has 0 rings (SSSR count). The Labute approximate surface area is 90.1 Å².